The zero-order valence-electron chi connectivity index (χ0n) is 7.96. The molecule has 13 heavy (non-hydrogen) atoms. The van der Waals surface area contributed by atoms with Crippen molar-refractivity contribution >= 4 is 5.97 Å². The zero-order chi connectivity index (χ0) is 9.90. The van der Waals surface area contributed by atoms with Crippen LogP contribution in [0.15, 0.2) is 12.2 Å². The molecule has 0 aromatic heterocycles. The van der Waals surface area contributed by atoms with Gasteiger partial charge >= 0.3 is 5.97 Å². The molecule has 0 aliphatic carbocycles. The fourth-order valence-corrected chi connectivity index (χ4v) is 0.960. The van der Waals surface area contributed by atoms with E-state index >= 15 is 0 Å². The summed E-state index contributed by atoms with van der Waals surface area (Å²) in [6.45, 7) is 8.00. The Balaban J connectivity index is 2.33. The number of esters is 1. The van der Waals surface area contributed by atoms with E-state index in [1.165, 1.54) is 0 Å². The Labute approximate surface area is 77.5 Å². The van der Waals surface area contributed by atoms with Crippen LogP contribution in [0.4, 0.5) is 0 Å². The quantitative estimate of drug-likeness (QED) is 0.484. The van der Waals surface area contributed by atoms with Gasteiger partial charge in [-0.15, -0.1) is 0 Å². The van der Waals surface area contributed by atoms with Crippen LogP contribution in [0.3, 0.4) is 0 Å². The van der Waals surface area contributed by atoms with Crippen LogP contribution < -0.4 is 0 Å². The highest BCUT2D eigenvalue weighted by Gasteiger charge is 2.32. The smallest absolute Gasteiger partial charge is 0.333 e. The minimum absolute atomic E-state index is 0.110. The second-order valence-electron chi connectivity index (χ2n) is 3.19. The van der Waals surface area contributed by atoms with Crippen molar-refractivity contribution < 1.29 is 19.0 Å². The summed E-state index contributed by atoms with van der Waals surface area (Å²) < 4.78 is 15.4. The van der Waals surface area contributed by atoms with Crippen molar-refractivity contribution in [1.29, 1.82) is 0 Å². The van der Waals surface area contributed by atoms with Crippen molar-refractivity contribution in [3.63, 3.8) is 0 Å². The maximum Gasteiger partial charge on any atom is 0.333 e. The fraction of sp³-hybridized carbons (Fsp3) is 0.667. The molecule has 0 radical (unpaired) electrons. The van der Waals surface area contributed by atoms with Crippen LogP contribution in [0.1, 0.15) is 13.8 Å². The average Bonchev–Trinajstić information content (AvgIpc) is 2.48. The van der Waals surface area contributed by atoms with Gasteiger partial charge in [0.05, 0.1) is 13.2 Å². The van der Waals surface area contributed by atoms with E-state index in [0.29, 0.717) is 18.8 Å². The predicted octanol–water partition coefficient (Wildman–Crippen LogP) is 0.869. The van der Waals surface area contributed by atoms with Crippen molar-refractivity contribution in [2.75, 3.05) is 19.8 Å². The summed E-state index contributed by atoms with van der Waals surface area (Å²) in [5.41, 5.74) is 0.376. The lowest BCUT2D eigenvalue weighted by Crippen LogP contribution is -2.33. The molecule has 0 aromatic rings. The molecule has 1 rings (SSSR count). The van der Waals surface area contributed by atoms with E-state index in [0.717, 1.165) is 0 Å². The predicted molar refractivity (Wildman–Crippen MR) is 46.1 cm³/mol. The second-order valence-corrected chi connectivity index (χ2v) is 3.19. The molecule has 0 spiro atoms. The van der Waals surface area contributed by atoms with Crippen molar-refractivity contribution in [3.8, 4) is 0 Å². The van der Waals surface area contributed by atoms with Gasteiger partial charge in [-0.2, -0.15) is 0 Å². The molecule has 0 saturated carbocycles. The van der Waals surface area contributed by atoms with Gasteiger partial charge in [-0.25, -0.2) is 4.79 Å². The number of hydrogen-bond donors (Lipinski definition) is 0. The number of hydrogen-bond acceptors (Lipinski definition) is 4. The van der Waals surface area contributed by atoms with E-state index in [9.17, 15) is 4.79 Å². The zero-order valence-corrected chi connectivity index (χ0v) is 7.96. The summed E-state index contributed by atoms with van der Waals surface area (Å²) in [6, 6.07) is 0. The van der Waals surface area contributed by atoms with Crippen molar-refractivity contribution in [1.82, 2.24) is 0 Å². The molecule has 0 bridgehead atoms. The lowest BCUT2D eigenvalue weighted by atomic mass is 10.3. The van der Waals surface area contributed by atoms with Crippen LogP contribution in [0.25, 0.3) is 0 Å². The van der Waals surface area contributed by atoms with Crippen molar-refractivity contribution in [2.24, 2.45) is 0 Å². The van der Waals surface area contributed by atoms with E-state index in [1.54, 1.807) is 13.8 Å². The van der Waals surface area contributed by atoms with E-state index in [-0.39, 0.29) is 6.61 Å². The molecule has 1 saturated heterocycles. The van der Waals surface area contributed by atoms with Gasteiger partial charge in [0.15, 0.2) is 5.79 Å². The minimum atomic E-state index is -0.773. The third-order valence-corrected chi connectivity index (χ3v) is 1.71. The average molecular weight is 186 g/mol. The molecule has 74 valence electrons. The molecule has 0 unspecified atom stereocenters. The monoisotopic (exact) mass is 186 g/mol. The Kier molecular flexibility index (Phi) is 3.06. The molecule has 1 heterocycles. The van der Waals surface area contributed by atoms with Gasteiger partial charge < -0.3 is 14.2 Å². The third-order valence-electron chi connectivity index (χ3n) is 1.71. The minimum Gasteiger partial charge on any atom is -0.457 e. The van der Waals surface area contributed by atoms with E-state index < -0.39 is 11.8 Å². The van der Waals surface area contributed by atoms with Crippen LogP contribution in [0, 0.1) is 0 Å². The van der Waals surface area contributed by atoms with E-state index in [4.69, 9.17) is 14.2 Å². The first kappa shape index (κ1) is 10.2. The van der Waals surface area contributed by atoms with Gasteiger partial charge in [0.25, 0.3) is 0 Å². The molecule has 1 fully saturated rings. The first-order valence-corrected chi connectivity index (χ1v) is 4.14. The number of ether oxygens (including phenoxy) is 3. The van der Waals surface area contributed by atoms with Gasteiger partial charge in [0.2, 0.25) is 0 Å². The maximum atomic E-state index is 11.0. The summed E-state index contributed by atoms with van der Waals surface area (Å²) in [4.78, 5) is 11.0. The Morgan fingerprint density at radius 3 is 2.54 bits per heavy atom. The van der Waals surface area contributed by atoms with Crippen LogP contribution in [-0.4, -0.2) is 31.6 Å². The topological polar surface area (TPSA) is 44.8 Å². The molecule has 1 aliphatic heterocycles. The summed E-state index contributed by atoms with van der Waals surface area (Å²) in [7, 11) is 0. The van der Waals surface area contributed by atoms with Gasteiger partial charge in [-0.3, -0.25) is 0 Å². The molecule has 0 aromatic carbocycles. The number of carbonyl (C=O) groups is 1. The van der Waals surface area contributed by atoms with E-state index in [2.05, 4.69) is 6.58 Å². The maximum absolute atomic E-state index is 11.0. The second kappa shape index (κ2) is 3.89. The summed E-state index contributed by atoms with van der Waals surface area (Å²) in [6.07, 6.45) is 0. The highest BCUT2D eigenvalue weighted by molar-refractivity contribution is 5.86. The van der Waals surface area contributed by atoms with Crippen molar-refractivity contribution in [3.05, 3.63) is 12.2 Å². The van der Waals surface area contributed by atoms with Gasteiger partial charge in [-0.1, -0.05) is 6.58 Å². The molecular formula is C9H14O4. The van der Waals surface area contributed by atoms with Crippen LogP contribution in [-0.2, 0) is 19.0 Å². The van der Waals surface area contributed by atoms with Gasteiger partial charge in [-0.05, 0) is 13.8 Å². The lowest BCUT2D eigenvalue weighted by Gasteiger charge is -2.21. The van der Waals surface area contributed by atoms with Crippen LogP contribution in [0.5, 0.6) is 0 Å². The standard InChI is InChI=1S/C9H14O4/c1-7(2)8(10)11-6-9(3)12-4-5-13-9/h1,4-6H2,2-3H3. The number of rotatable bonds is 3. The molecule has 4 nitrogen and oxygen atoms in total. The Morgan fingerprint density at radius 1 is 1.54 bits per heavy atom. The Morgan fingerprint density at radius 2 is 2.08 bits per heavy atom. The first-order chi connectivity index (χ1) is 6.03. The highest BCUT2D eigenvalue weighted by atomic mass is 16.8. The first-order valence-electron chi connectivity index (χ1n) is 4.14. The Hall–Kier alpha value is -0.870. The highest BCUT2D eigenvalue weighted by Crippen LogP contribution is 2.18. The lowest BCUT2D eigenvalue weighted by molar-refractivity contribution is -0.186. The van der Waals surface area contributed by atoms with Crippen LogP contribution >= 0.6 is 0 Å². The molecule has 0 atom stereocenters. The fourth-order valence-electron chi connectivity index (χ4n) is 0.960. The third kappa shape index (κ3) is 2.82. The SMILES string of the molecule is C=C(C)C(=O)OCC1(C)OCCO1. The molecule has 1 aliphatic rings. The summed E-state index contributed by atoms with van der Waals surface area (Å²) in [5, 5.41) is 0. The number of carbonyl (C=O) groups excluding carboxylic acids is 1. The van der Waals surface area contributed by atoms with Crippen molar-refractivity contribution in [2.45, 2.75) is 19.6 Å². The summed E-state index contributed by atoms with van der Waals surface area (Å²) >= 11 is 0. The van der Waals surface area contributed by atoms with E-state index in [1.807, 2.05) is 0 Å². The largest absolute Gasteiger partial charge is 0.457 e. The van der Waals surface area contributed by atoms with Gasteiger partial charge in [0, 0.05) is 5.57 Å². The molecular weight excluding hydrogens is 172 g/mol. The van der Waals surface area contributed by atoms with Gasteiger partial charge in [0.1, 0.15) is 6.61 Å². The Bertz CT molecular complexity index is 216. The normalized spacial score (nSPS) is 19.8. The molecule has 4 heteroatoms. The molecule has 0 amide bonds. The molecule has 0 N–H and O–H groups in total. The van der Waals surface area contributed by atoms with Crippen LogP contribution in [0.2, 0.25) is 0 Å². The summed E-state index contributed by atoms with van der Waals surface area (Å²) in [5.74, 6) is -1.19.